The minimum Gasteiger partial charge on any atom is -0.456 e. The van der Waals surface area contributed by atoms with Crippen LogP contribution >= 0.6 is 0 Å². The van der Waals surface area contributed by atoms with Crippen molar-refractivity contribution in [3.63, 3.8) is 0 Å². The van der Waals surface area contributed by atoms with Gasteiger partial charge in [-0.1, -0.05) is 170 Å². The highest BCUT2D eigenvalue weighted by molar-refractivity contribution is 6.11. The molecule has 2 aromatic heterocycles. The van der Waals surface area contributed by atoms with Crippen LogP contribution in [0.4, 0.5) is 34.1 Å². The first-order valence-electron chi connectivity index (χ1n) is 24.3. The molecule has 0 aliphatic heterocycles. The van der Waals surface area contributed by atoms with Crippen LogP contribution in [0.2, 0.25) is 0 Å². The van der Waals surface area contributed by atoms with Crippen LogP contribution in [0.25, 0.3) is 60.6 Å². The zero-order chi connectivity index (χ0) is 46.9. The van der Waals surface area contributed by atoms with Crippen LogP contribution in [0, 0.1) is 0 Å². The van der Waals surface area contributed by atoms with Gasteiger partial charge in [0, 0.05) is 67.4 Å². The highest BCUT2D eigenvalue weighted by Gasteiger charge is 2.45. The summed E-state index contributed by atoms with van der Waals surface area (Å²) in [5.41, 5.74) is 18.6. The maximum atomic E-state index is 6.78. The van der Waals surface area contributed by atoms with E-state index < -0.39 is 5.41 Å². The third kappa shape index (κ3) is 6.39. The van der Waals surface area contributed by atoms with Crippen LogP contribution in [0.15, 0.2) is 277 Å². The molecule has 1 aliphatic carbocycles. The van der Waals surface area contributed by atoms with Gasteiger partial charge >= 0.3 is 0 Å². The van der Waals surface area contributed by atoms with E-state index in [1.807, 2.05) is 0 Å². The van der Waals surface area contributed by atoms with Gasteiger partial charge in [0.1, 0.15) is 11.2 Å². The fourth-order valence-corrected chi connectivity index (χ4v) is 11.6. The third-order valence-corrected chi connectivity index (χ3v) is 14.6. The van der Waals surface area contributed by atoms with Crippen LogP contribution in [-0.4, -0.2) is 4.57 Å². The number of para-hydroxylation sites is 4. The quantitative estimate of drug-likeness (QED) is 0.144. The highest BCUT2D eigenvalue weighted by Crippen LogP contribution is 2.56. The Morgan fingerprint density at radius 1 is 0.296 bits per heavy atom. The van der Waals surface area contributed by atoms with Gasteiger partial charge in [-0.25, -0.2) is 0 Å². The Kier molecular flexibility index (Phi) is 9.39. The van der Waals surface area contributed by atoms with Crippen molar-refractivity contribution >= 4 is 77.9 Å². The monoisotopic (exact) mass is 907 g/mol. The van der Waals surface area contributed by atoms with Crippen molar-refractivity contribution < 1.29 is 4.42 Å². The normalized spacial score (nSPS) is 12.6. The van der Waals surface area contributed by atoms with Crippen molar-refractivity contribution in [2.24, 2.45) is 0 Å². The van der Waals surface area contributed by atoms with Crippen LogP contribution in [0.3, 0.4) is 0 Å². The molecule has 14 rings (SSSR count). The van der Waals surface area contributed by atoms with Crippen LogP contribution in [-0.2, 0) is 5.41 Å². The lowest BCUT2D eigenvalue weighted by molar-refractivity contribution is 0.669. The third-order valence-electron chi connectivity index (χ3n) is 14.6. The van der Waals surface area contributed by atoms with E-state index in [0.717, 1.165) is 67.3 Å². The molecule has 0 atom stereocenters. The second-order valence-electron chi connectivity index (χ2n) is 18.4. The summed E-state index contributed by atoms with van der Waals surface area (Å²) in [6.45, 7) is 0. The highest BCUT2D eigenvalue weighted by atomic mass is 16.3. The molecule has 0 saturated carbocycles. The van der Waals surface area contributed by atoms with Crippen molar-refractivity contribution in [2.45, 2.75) is 5.41 Å². The molecular weight excluding hydrogens is 863 g/mol. The number of nitrogens with zero attached hydrogens (tertiary/aromatic N) is 3. The molecule has 71 heavy (non-hydrogen) atoms. The topological polar surface area (TPSA) is 24.6 Å². The van der Waals surface area contributed by atoms with Gasteiger partial charge in [-0.2, -0.15) is 0 Å². The molecule has 0 saturated heterocycles. The summed E-state index contributed by atoms with van der Waals surface area (Å²) >= 11 is 0. The molecule has 4 heteroatoms. The zero-order valence-electron chi connectivity index (χ0n) is 38.7. The standard InChI is InChI=1S/C67H45N3O/c1-5-19-46(20-6-1)67(61-30-16-13-27-55(61)56-28-14-17-31-62(56)67)47-33-35-51(36-34-47)68(48-21-7-2-8-22-48)54-38-41-59-60-43-52(39-42-65(60)71-66(59)45-54)69(49-23-9-3-10-24-49)53-37-40-58-57-29-15-18-32-63(57)70(64(58)44-53)50-25-11-4-12-26-50/h1-45H. The summed E-state index contributed by atoms with van der Waals surface area (Å²) in [7, 11) is 0. The van der Waals surface area contributed by atoms with Gasteiger partial charge in [0.25, 0.3) is 0 Å². The Bertz CT molecular complexity index is 4060. The Morgan fingerprint density at radius 2 is 0.761 bits per heavy atom. The fraction of sp³-hybridized carbons (Fsp3) is 0.0149. The summed E-state index contributed by atoms with van der Waals surface area (Å²) in [6.07, 6.45) is 0. The number of anilines is 6. The van der Waals surface area contributed by atoms with Crippen molar-refractivity contribution in [3.8, 4) is 16.8 Å². The predicted molar refractivity (Wildman–Crippen MR) is 295 cm³/mol. The van der Waals surface area contributed by atoms with Crippen molar-refractivity contribution in [3.05, 3.63) is 295 Å². The molecule has 4 nitrogen and oxygen atoms in total. The van der Waals surface area contributed by atoms with Gasteiger partial charge in [-0.05, 0) is 130 Å². The maximum Gasteiger partial charge on any atom is 0.137 e. The molecule has 0 bridgehead atoms. The number of furan rings is 1. The fourth-order valence-electron chi connectivity index (χ4n) is 11.6. The lowest BCUT2D eigenvalue weighted by atomic mass is 9.68. The lowest BCUT2D eigenvalue weighted by Gasteiger charge is -2.34. The molecule has 0 amide bonds. The second-order valence-corrected chi connectivity index (χ2v) is 18.4. The molecule has 13 aromatic rings. The molecule has 2 heterocycles. The van der Waals surface area contributed by atoms with E-state index in [9.17, 15) is 0 Å². The maximum absolute atomic E-state index is 6.78. The van der Waals surface area contributed by atoms with E-state index in [1.54, 1.807) is 0 Å². The molecule has 334 valence electrons. The van der Waals surface area contributed by atoms with Gasteiger partial charge in [0.2, 0.25) is 0 Å². The Morgan fingerprint density at radius 3 is 1.44 bits per heavy atom. The molecule has 11 aromatic carbocycles. The summed E-state index contributed by atoms with van der Waals surface area (Å²) in [5.74, 6) is 0. The van der Waals surface area contributed by atoms with E-state index in [-0.39, 0.29) is 0 Å². The minimum atomic E-state index is -0.471. The molecular formula is C67H45N3O. The first kappa shape index (κ1) is 40.7. The van der Waals surface area contributed by atoms with Crippen molar-refractivity contribution in [2.75, 3.05) is 9.80 Å². The molecule has 0 unspecified atom stereocenters. The summed E-state index contributed by atoms with van der Waals surface area (Å²) < 4.78 is 9.16. The van der Waals surface area contributed by atoms with Gasteiger partial charge in [0.15, 0.2) is 0 Å². The largest absolute Gasteiger partial charge is 0.456 e. The van der Waals surface area contributed by atoms with Gasteiger partial charge < -0.3 is 18.8 Å². The summed E-state index contributed by atoms with van der Waals surface area (Å²) in [5, 5.41) is 4.57. The predicted octanol–water partition coefficient (Wildman–Crippen LogP) is 18.0. The first-order chi connectivity index (χ1) is 35.2. The number of benzene rings is 11. The molecule has 0 radical (unpaired) electrons. The summed E-state index contributed by atoms with van der Waals surface area (Å²) in [6, 6.07) is 98.7. The summed E-state index contributed by atoms with van der Waals surface area (Å²) in [4.78, 5) is 4.68. The van der Waals surface area contributed by atoms with Gasteiger partial charge in [-0.3, -0.25) is 0 Å². The smallest absolute Gasteiger partial charge is 0.137 e. The van der Waals surface area contributed by atoms with Crippen molar-refractivity contribution in [1.82, 2.24) is 4.57 Å². The number of fused-ring (bicyclic) bond motifs is 9. The van der Waals surface area contributed by atoms with Crippen LogP contribution in [0.5, 0.6) is 0 Å². The minimum absolute atomic E-state index is 0.471. The zero-order valence-corrected chi connectivity index (χ0v) is 38.7. The average molecular weight is 908 g/mol. The Balaban J connectivity index is 0.880. The van der Waals surface area contributed by atoms with Crippen LogP contribution in [0.1, 0.15) is 22.3 Å². The van der Waals surface area contributed by atoms with E-state index >= 15 is 0 Å². The number of aromatic nitrogens is 1. The molecule has 1 aliphatic rings. The lowest BCUT2D eigenvalue weighted by Crippen LogP contribution is -2.28. The number of hydrogen-bond donors (Lipinski definition) is 0. The SMILES string of the molecule is c1ccc(N(c2ccc(C3(c4ccccc4)c4ccccc4-c4ccccc43)cc2)c2ccc3c(c2)oc2ccc(N(c4ccccc4)c4ccc5c6ccccc6n(-c6ccccc6)c5c4)cc23)cc1. The van der Waals surface area contributed by atoms with Crippen LogP contribution < -0.4 is 9.80 Å². The molecule has 0 fully saturated rings. The Labute approximate surface area is 412 Å². The van der Waals surface area contributed by atoms with Gasteiger partial charge in [0.05, 0.1) is 16.4 Å². The second kappa shape index (κ2) is 16.4. The first-order valence-corrected chi connectivity index (χ1v) is 24.3. The van der Waals surface area contributed by atoms with E-state index in [1.165, 1.54) is 49.7 Å². The Hall–Kier alpha value is -9.38. The van der Waals surface area contributed by atoms with E-state index in [2.05, 4.69) is 287 Å². The average Bonchev–Trinajstić information content (AvgIpc) is 4.08. The number of hydrogen-bond acceptors (Lipinski definition) is 3. The van der Waals surface area contributed by atoms with Crippen molar-refractivity contribution in [1.29, 1.82) is 0 Å². The molecule has 0 N–H and O–H groups in total. The van der Waals surface area contributed by atoms with E-state index in [4.69, 9.17) is 4.42 Å². The molecule has 0 spiro atoms. The van der Waals surface area contributed by atoms with E-state index in [0.29, 0.717) is 0 Å². The number of rotatable bonds is 9. The van der Waals surface area contributed by atoms with Gasteiger partial charge in [-0.15, -0.1) is 0 Å².